The summed E-state index contributed by atoms with van der Waals surface area (Å²) in [6, 6.07) is 13.9. The topological polar surface area (TPSA) is 73.2 Å². The molecule has 9 heteroatoms. The van der Waals surface area contributed by atoms with Gasteiger partial charge in [-0.05, 0) is 36.6 Å². The van der Waals surface area contributed by atoms with Gasteiger partial charge in [-0.25, -0.2) is 4.68 Å². The number of carbonyl (C=O) groups is 2. The molecule has 1 aliphatic rings. The first kappa shape index (κ1) is 21.6. The number of carbonyl (C=O) groups excluding carboxylic acids is 2. The van der Waals surface area contributed by atoms with E-state index in [1.54, 1.807) is 0 Å². The molecule has 0 saturated heterocycles. The van der Waals surface area contributed by atoms with E-state index < -0.39 is 23.6 Å². The summed E-state index contributed by atoms with van der Waals surface area (Å²) >= 11 is 0. The minimum atomic E-state index is -4.48. The van der Waals surface area contributed by atoms with Crippen LogP contribution in [0.3, 0.4) is 0 Å². The molecule has 6 nitrogen and oxygen atoms in total. The van der Waals surface area contributed by atoms with Gasteiger partial charge in [-0.15, -0.1) is 0 Å². The van der Waals surface area contributed by atoms with Crippen molar-refractivity contribution in [2.45, 2.75) is 31.5 Å². The highest BCUT2D eigenvalue weighted by atomic mass is 19.4. The number of nitrogens with one attached hydrogen (secondary N) is 1. The first-order valence-electron chi connectivity index (χ1n) is 10.1. The summed E-state index contributed by atoms with van der Waals surface area (Å²) in [5.41, 5.74) is 1.04. The number of ether oxygens (including phenoxy) is 1. The number of alkyl halides is 3. The molecule has 1 saturated carbocycles. The molecule has 166 valence electrons. The summed E-state index contributed by atoms with van der Waals surface area (Å²) in [5, 5.41) is 6.68. The third-order valence-corrected chi connectivity index (χ3v) is 5.07. The van der Waals surface area contributed by atoms with E-state index in [0.717, 1.165) is 30.5 Å². The number of rotatable bonds is 7. The van der Waals surface area contributed by atoms with Crippen LogP contribution in [0, 0.1) is 0 Å². The smallest absolute Gasteiger partial charge is 0.416 e. The minimum absolute atomic E-state index is 0.0258. The third-order valence-electron chi connectivity index (χ3n) is 5.07. The Morgan fingerprint density at radius 1 is 1.09 bits per heavy atom. The first-order chi connectivity index (χ1) is 15.3. The van der Waals surface area contributed by atoms with Gasteiger partial charge in [-0.1, -0.05) is 36.4 Å². The van der Waals surface area contributed by atoms with Crippen molar-refractivity contribution in [1.29, 1.82) is 0 Å². The summed E-state index contributed by atoms with van der Waals surface area (Å²) in [7, 11) is 0. The van der Waals surface area contributed by atoms with Crippen molar-refractivity contribution >= 4 is 11.9 Å². The Hall–Kier alpha value is -3.62. The highest BCUT2D eigenvalue weighted by Gasteiger charge is 2.34. The van der Waals surface area contributed by atoms with Crippen LogP contribution >= 0.6 is 0 Å². The summed E-state index contributed by atoms with van der Waals surface area (Å²) in [6.07, 6.45) is -1.55. The number of nitrogens with zero attached hydrogens (tertiary/aromatic N) is 2. The number of halogens is 3. The van der Waals surface area contributed by atoms with E-state index in [0.29, 0.717) is 5.69 Å². The average molecular weight is 443 g/mol. The molecule has 1 aromatic heterocycles. The van der Waals surface area contributed by atoms with Gasteiger partial charge in [-0.2, -0.15) is 18.3 Å². The van der Waals surface area contributed by atoms with Crippen molar-refractivity contribution in [1.82, 2.24) is 15.1 Å². The molecule has 3 aromatic rings. The molecule has 0 atom stereocenters. The van der Waals surface area contributed by atoms with E-state index in [1.165, 1.54) is 23.0 Å². The fraction of sp³-hybridized carbons (Fsp3) is 0.261. The molecule has 1 heterocycles. The monoisotopic (exact) mass is 443 g/mol. The van der Waals surface area contributed by atoms with Gasteiger partial charge < -0.3 is 10.1 Å². The van der Waals surface area contributed by atoms with Crippen LogP contribution in [0.4, 0.5) is 13.2 Å². The maximum atomic E-state index is 13.1. The molecule has 0 unspecified atom stereocenters. The van der Waals surface area contributed by atoms with E-state index in [-0.39, 0.29) is 30.3 Å². The summed E-state index contributed by atoms with van der Waals surface area (Å²) in [6.45, 7) is -0.235. The fourth-order valence-electron chi connectivity index (χ4n) is 3.34. The Bertz CT molecular complexity index is 1120. The van der Waals surface area contributed by atoms with Gasteiger partial charge in [0, 0.05) is 5.92 Å². The molecule has 1 aliphatic carbocycles. The fourth-order valence-corrected chi connectivity index (χ4v) is 3.34. The number of esters is 1. The molecule has 1 N–H and O–H groups in total. The van der Waals surface area contributed by atoms with Crippen LogP contribution in [0.5, 0.6) is 0 Å². The second kappa shape index (κ2) is 8.86. The number of hydrogen-bond acceptors (Lipinski definition) is 4. The SMILES string of the molecule is O=C(CNC(=O)c1cnn(-c2cccc(C(F)(F)F)c2)c1C1CC1)OCc1ccccc1. The van der Waals surface area contributed by atoms with Crippen LogP contribution in [-0.2, 0) is 22.3 Å². The summed E-state index contributed by atoms with van der Waals surface area (Å²) < 4.78 is 45.8. The number of amides is 1. The zero-order valence-corrected chi connectivity index (χ0v) is 16.9. The van der Waals surface area contributed by atoms with Gasteiger partial charge in [0.1, 0.15) is 13.2 Å². The van der Waals surface area contributed by atoms with Crippen molar-refractivity contribution in [3.8, 4) is 5.69 Å². The van der Waals surface area contributed by atoms with Gasteiger partial charge in [0.2, 0.25) is 0 Å². The summed E-state index contributed by atoms with van der Waals surface area (Å²) in [4.78, 5) is 24.7. The van der Waals surface area contributed by atoms with Crippen LogP contribution < -0.4 is 5.32 Å². The Kier molecular flexibility index (Phi) is 5.98. The number of hydrogen-bond donors (Lipinski definition) is 1. The second-order valence-corrected chi connectivity index (χ2v) is 7.51. The van der Waals surface area contributed by atoms with Gasteiger partial charge in [0.15, 0.2) is 0 Å². The zero-order chi connectivity index (χ0) is 22.7. The molecular formula is C23H20F3N3O3. The maximum Gasteiger partial charge on any atom is 0.416 e. The lowest BCUT2D eigenvalue weighted by Crippen LogP contribution is -2.31. The highest BCUT2D eigenvalue weighted by molar-refractivity contribution is 5.97. The Morgan fingerprint density at radius 3 is 2.53 bits per heavy atom. The van der Waals surface area contributed by atoms with Crippen molar-refractivity contribution < 1.29 is 27.5 Å². The molecule has 0 spiro atoms. The van der Waals surface area contributed by atoms with Crippen LogP contribution in [-0.4, -0.2) is 28.2 Å². The molecule has 1 fully saturated rings. The Balaban J connectivity index is 1.46. The lowest BCUT2D eigenvalue weighted by molar-refractivity contribution is -0.143. The van der Waals surface area contributed by atoms with Crippen LogP contribution in [0.1, 0.15) is 45.9 Å². The predicted molar refractivity (Wildman–Crippen MR) is 109 cm³/mol. The van der Waals surface area contributed by atoms with Crippen molar-refractivity contribution in [3.05, 3.63) is 83.2 Å². The zero-order valence-electron chi connectivity index (χ0n) is 16.9. The van der Waals surface area contributed by atoms with E-state index in [9.17, 15) is 22.8 Å². The second-order valence-electron chi connectivity index (χ2n) is 7.51. The van der Waals surface area contributed by atoms with Gasteiger partial charge in [0.05, 0.1) is 28.7 Å². The number of benzene rings is 2. The Morgan fingerprint density at radius 2 is 1.84 bits per heavy atom. The quantitative estimate of drug-likeness (QED) is 0.555. The maximum absolute atomic E-state index is 13.1. The molecule has 1 amide bonds. The predicted octanol–water partition coefficient (Wildman–Crippen LogP) is 4.24. The van der Waals surface area contributed by atoms with Crippen molar-refractivity contribution in [2.24, 2.45) is 0 Å². The average Bonchev–Trinajstić information content (AvgIpc) is 3.53. The number of aromatic nitrogens is 2. The van der Waals surface area contributed by atoms with Crippen LogP contribution in [0.15, 0.2) is 60.8 Å². The highest BCUT2D eigenvalue weighted by Crippen LogP contribution is 2.42. The van der Waals surface area contributed by atoms with Crippen molar-refractivity contribution in [3.63, 3.8) is 0 Å². The molecule has 0 bridgehead atoms. The van der Waals surface area contributed by atoms with Crippen LogP contribution in [0.2, 0.25) is 0 Å². The normalized spacial score (nSPS) is 13.6. The summed E-state index contributed by atoms with van der Waals surface area (Å²) in [5.74, 6) is -1.10. The van der Waals surface area contributed by atoms with Gasteiger partial charge in [-0.3, -0.25) is 9.59 Å². The molecule has 2 aromatic carbocycles. The molecule has 0 aliphatic heterocycles. The van der Waals surface area contributed by atoms with E-state index in [2.05, 4.69) is 10.4 Å². The third kappa shape index (κ3) is 4.99. The first-order valence-corrected chi connectivity index (χ1v) is 10.1. The Labute approximate surface area is 182 Å². The molecule has 4 rings (SSSR count). The molecule has 0 radical (unpaired) electrons. The van der Waals surface area contributed by atoms with E-state index in [4.69, 9.17) is 4.74 Å². The standard InChI is InChI=1S/C23H20F3N3O3/c24-23(25,26)17-7-4-8-18(11-17)29-21(16-9-10-16)19(12-28-29)22(31)27-13-20(30)32-14-15-5-2-1-3-6-15/h1-8,11-12,16H,9-10,13-14H2,(H,27,31). The van der Waals surface area contributed by atoms with E-state index in [1.807, 2.05) is 30.3 Å². The van der Waals surface area contributed by atoms with Crippen LogP contribution in [0.25, 0.3) is 5.69 Å². The van der Waals surface area contributed by atoms with Crippen molar-refractivity contribution in [2.75, 3.05) is 6.54 Å². The lowest BCUT2D eigenvalue weighted by Gasteiger charge is -2.12. The van der Waals surface area contributed by atoms with Gasteiger partial charge >= 0.3 is 12.1 Å². The van der Waals surface area contributed by atoms with Gasteiger partial charge in [0.25, 0.3) is 5.91 Å². The minimum Gasteiger partial charge on any atom is -0.460 e. The molecular weight excluding hydrogens is 423 g/mol. The lowest BCUT2D eigenvalue weighted by atomic mass is 10.1. The largest absolute Gasteiger partial charge is 0.460 e. The molecule has 32 heavy (non-hydrogen) atoms. The van der Waals surface area contributed by atoms with E-state index >= 15 is 0 Å².